The van der Waals surface area contributed by atoms with Gasteiger partial charge in [-0.25, -0.2) is 9.69 Å². The van der Waals surface area contributed by atoms with Gasteiger partial charge in [-0.15, -0.1) is 0 Å². The van der Waals surface area contributed by atoms with E-state index in [1.165, 1.54) is 0 Å². The first kappa shape index (κ1) is 26.5. The van der Waals surface area contributed by atoms with Crippen molar-refractivity contribution in [2.75, 3.05) is 16.8 Å². The number of rotatable bonds is 9. The second kappa shape index (κ2) is 11.7. The second-order valence-electron chi connectivity index (χ2n) is 8.76. The van der Waals surface area contributed by atoms with Crippen molar-refractivity contribution in [3.05, 3.63) is 99.5 Å². The maximum atomic E-state index is 13.7. The Labute approximate surface area is 225 Å². The molecule has 6 nitrogen and oxygen atoms in total. The molecule has 0 bridgehead atoms. The Hall–Kier alpha value is -3.55. The predicted molar refractivity (Wildman–Crippen MR) is 148 cm³/mol. The molecule has 0 unspecified atom stereocenters. The molecule has 0 saturated heterocycles. The number of amides is 2. The largest absolute Gasteiger partial charge is 0.462 e. The van der Waals surface area contributed by atoms with Crippen LogP contribution in [0.2, 0.25) is 5.02 Å². The molecule has 1 aliphatic rings. The van der Waals surface area contributed by atoms with Crippen LogP contribution in [-0.2, 0) is 14.3 Å². The first-order valence-corrected chi connectivity index (χ1v) is 13.2. The van der Waals surface area contributed by atoms with Crippen LogP contribution in [0.1, 0.15) is 49.0 Å². The van der Waals surface area contributed by atoms with Gasteiger partial charge in [0, 0.05) is 15.6 Å². The number of hydrogen-bond acceptors (Lipinski definition) is 6. The Morgan fingerprint density at radius 2 is 1.65 bits per heavy atom. The van der Waals surface area contributed by atoms with E-state index in [1.807, 2.05) is 31.2 Å². The first-order valence-electron chi connectivity index (χ1n) is 12.0. The van der Waals surface area contributed by atoms with Gasteiger partial charge in [-0.05, 0) is 66.4 Å². The fraction of sp³-hybridized carbons (Fsp3) is 0.207. The van der Waals surface area contributed by atoms with Crippen LogP contribution in [0.4, 0.5) is 11.4 Å². The zero-order valence-electron chi connectivity index (χ0n) is 20.8. The van der Waals surface area contributed by atoms with Gasteiger partial charge in [-0.3, -0.25) is 9.59 Å². The van der Waals surface area contributed by atoms with Crippen molar-refractivity contribution in [3.8, 4) is 0 Å². The van der Waals surface area contributed by atoms with Gasteiger partial charge in [0.05, 0.1) is 17.9 Å². The van der Waals surface area contributed by atoms with Crippen molar-refractivity contribution in [2.45, 2.75) is 38.0 Å². The molecule has 0 fully saturated rings. The lowest BCUT2D eigenvalue weighted by Gasteiger charge is -2.18. The van der Waals surface area contributed by atoms with Crippen LogP contribution in [0.25, 0.3) is 0 Å². The fourth-order valence-corrected chi connectivity index (χ4v) is 4.82. The summed E-state index contributed by atoms with van der Waals surface area (Å²) in [7, 11) is 0. The summed E-state index contributed by atoms with van der Waals surface area (Å²) < 4.78 is 5.30. The maximum Gasteiger partial charge on any atom is 0.340 e. The molecule has 1 heterocycles. The quantitative estimate of drug-likeness (QED) is 0.235. The molecule has 3 aromatic rings. The number of benzene rings is 3. The zero-order chi connectivity index (χ0) is 26.5. The van der Waals surface area contributed by atoms with E-state index in [4.69, 9.17) is 16.3 Å². The highest BCUT2D eigenvalue weighted by atomic mass is 35.5. The SMILES string of the molecule is CCCOC(=O)c1ccccc1N1C(=O)C(Nc2ccc(C(C)C)cc2)=C(Sc2ccc(Cl)cc2)C1=O. The Morgan fingerprint density at radius 1 is 0.973 bits per heavy atom. The van der Waals surface area contributed by atoms with Crippen LogP contribution in [0, 0.1) is 0 Å². The summed E-state index contributed by atoms with van der Waals surface area (Å²) in [5.41, 5.74) is 2.30. The second-order valence-corrected chi connectivity index (χ2v) is 10.3. The molecule has 1 aliphatic heterocycles. The molecule has 2 amide bonds. The van der Waals surface area contributed by atoms with E-state index in [2.05, 4.69) is 19.2 Å². The van der Waals surface area contributed by atoms with Crippen LogP contribution >= 0.6 is 23.4 Å². The van der Waals surface area contributed by atoms with E-state index in [0.717, 1.165) is 27.1 Å². The molecule has 0 radical (unpaired) electrons. The third-order valence-corrected chi connectivity index (χ3v) is 7.07. The third-order valence-electron chi connectivity index (χ3n) is 5.72. The lowest BCUT2D eigenvalue weighted by molar-refractivity contribution is -0.120. The first-order chi connectivity index (χ1) is 17.8. The lowest BCUT2D eigenvalue weighted by Crippen LogP contribution is -2.33. The number of nitrogens with zero attached hydrogens (tertiary/aromatic N) is 1. The number of para-hydroxylation sites is 1. The summed E-state index contributed by atoms with van der Waals surface area (Å²) in [5.74, 6) is -1.30. The van der Waals surface area contributed by atoms with Crippen LogP contribution in [0.5, 0.6) is 0 Å². The number of hydrogen-bond donors (Lipinski definition) is 1. The van der Waals surface area contributed by atoms with Gasteiger partial charge < -0.3 is 10.1 Å². The van der Waals surface area contributed by atoms with Crippen LogP contribution in [0.15, 0.2) is 88.3 Å². The number of carbonyl (C=O) groups is 3. The molecule has 4 rings (SSSR count). The fourth-order valence-electron chi connectivity index (χ4n) is 3.76. The molecule has 8 heteroatoms. The summed E-state index contributed by atoms with van der Waals surface area (Å²) >= 11 is 7.19. The Morgan fingerprint density at radius 3 is 2.30 bits per heavy atom. The molecular formula is C29H27ClN2O4S. The maximum absolute atomic E-state index is 13.7. The van der Waals surface area contributed by atoms with Gasteiger partial charge in [-0.2, -0.15) is 0 Å². The molecule has 1 N–H and O–H groups in total. The van der Waals surface area contributed by atoms with Crippen molar-refractivity contribution < 1.29 is 19.1 Å². The zero-order valence-corrected chi connectivity index (χ0v) is 22.4. The minimum absolute atomic E-state index is 0.138. The smallest absolute Gasteiger partial charge is 0.340 e. The molecule has 190 valence electrons. The van der Waals surface area contributed by atoms with Crippen molar-refractivity contribution in [3.63, 3.8) is 0 Å². The summed E-state index contributed by atoms with van der Waals surface area (Å²) in [6.07, 6.45) is 0.655. The Bertz CT molecular complexity index is 1350. The number of nitrogens with one attached hydrogen (secondary N) is 1. The van der Waals surface area contributed by atoms with E-state index in [-0.39, 0.29) is 28.5 Å². The van der Waals surface area contributed by atoms with E-state index in [0.29, 0.717) is 23.0 Å². The summed E-state index contributed by atoms with van der Waals surface area (Å²) in [6.45, 7) is 6.34. The standard InChI is InChI=1S/C29H27ClN2O4S/c1-4-17-36-29(35)23-7-5-6-8-24(23)32-27(33)25(31-21-13-9-19(10-14-21)18(2)3)26(28(32)34)37-22-15-11-20(30)12-16-22/h5-16,18,31H,4,17H2,1-3H3. The van der Waals surface area contributed by atoms with Crippen molar-refractivity contribution in [1.82, 2.24) is 0 Å². The van der Waals surface area contributed by atoms with Crippen molar-refractivity contribution in [2.24, 2.45) is 0 Å². The third kappa shape index (κ3) is 5.89. The van der Waals surface area contributed by atoms with E-state index >= 15 is 0 Å². The van der Waals surface area contributed by atoms with Gasteiger partial charge in [0.25, 0.3) is 11.8 Å². The predicted octanol–water partition coefficient (Wildman–Crippen LogP) is 7.02. The number of halogens is 1. The summed E-state index contributed by atoms with van der Waals surface area (Å²) in [6, 6.07) is 21.2. The molecule has 0 spiro atoms. The minimum Gasteiger partial charge on any atom is -0.462 e. The summed E-state index contributed by atoms with van der Waals surface area (Å²) in [5, 5.41) is 3.72. The number of ether oxygens (including phenoxy) is 1. The summed E-state index contributed by atoms with van der Waals surface area (Å²) in [4.78, 5) is 42.2. The molecule has 0 saturated carbocycles. The highest BCUT2D eigenvalue weighted by Crippen LogP contribution is 2.39. The van der Waals surface area contributed by atoms with Crippen molar-refractivity contribution in [1.29, 1.82) is 0 Å². The van der Waals surface area contributed by atoms with Gasteiger partial charge in [0.2, 0.25) is 0 Å². The number of esters is 1. The number of thioether (sulfide) groups is 1. The average Bonchev–Trinajstić information content (AvgIpc) is 3.12. The molecule has 0 aromatic heterocycles. The molecule has 37 heavy (non-hydrogen) atoms. The van der Waals surface area contributed by atoms with Crippen LogP contribution in [0.3, 0.4) is 0 Å². The van der Waals surface area contributed by atoms with E-state index in [1.54, 1.807) is 48.5 Å². The molecule has 0 atom stereocenters. The Kier molecular flexibility index (Phi) is 8.36. The van der Waals surface area contributed by atoms with E-state index < -0.39 is 17.8 Å². The van der Waals surface area contributed by atoms with Gasteiger partial charge in [0.15, 0.2) is 0 Å². The molecule has 3 aromatic carbocycles. The average molecular weight is 535 g/mol. The van der Waals surface area contributed by atoms with Gasteiger partial charge in [0.1, 0.15) is 10.6 Å². The van der Waals surface area contributed by atoms with E-state index in [9.17, 15) is 14.4 Å². The van der Waals surface area contributed by atoms with Crippen LogP contribution < -0.4 is 10.2 Å². The number of carbonyl (C=O) groups excluding carboxylic acids is 3. The van der Waals surface area contributed by atoms with Gasteiger partial charge in [-0.1, -0.05) is 68.4 Å². The van der Waals surface area contributed by atoms with Gasteiger partial charge >= 0.3 is 5.97 Å². The number of anilines is 2. The Balaban J connectivity index is 1.73. The highest BCUT2D eigenvalue weighted by molar-refractivity contribution is 8.04. The molecular weight excluding hydrogens is 508 g/mol. The number of imide groups is 1. The monoisotopic (exact) mass is 534 g/mol. The van der Waals surface area contributed by atoms with Crippen LogP contribution in [-0.4, -0.2) is 24.4 Å². The highest BCUT2D eigenvalue weighted by Gasteiger charge is 2.41. The normalized spacial score (nSPS) is 13.5. The topological polar surface area (TPSA) is 75.7 Å². The lowest BCUT2D eigenvalue weighted by atomic mass is 10.0. The van der Waals surface area contributed by atoms with Crippen molar-refractivity contribution >= 4 is 52.5 Å². The molecule has 0 aliphatic carbocycles. The minimum atomic E-state index is -0.587.